The van der Waals surface area contributed by atoms with E-state index in [1.807, 2.05) is 18.2 Å². The topological polar surface area (TPSA) is 68.9 Å². The molecule has 1 aromatic carbocycles. The van der Waals surface area contributed by atoms with Crippen LogP contribution in [-0.4, -0.2) is 26.7 Å². The van der Waals surface area contributed by atoms with Gasteiger partial charge in [0.05, 0.1) is 17.1 Å². The quantitative estimate of drug-likeness (QED) is 0.418. The van der Waals surface area contributed by atoms with Gasteiger partial charge in [0, 0.05) is 29.6 Å². The first kappa shape index (κ1) is 16.9. The molecule has 118 valence electrons. The fraction of sp³-hybridized carbons (Fsp3) is 0.267. The highest BCUT2D eigenvalue weighted by atomic mass is 127. The van der Waals surface area contributed by atoms with E-state index in [1.165, 1.54) is 7.76 Å². The van der Waals surface area contributed by atoms with Crippen molar-refractivity contribution < 1.29 is 9.47 Å². The summed E-state index contributed by atoms with van der Waals surface area (Å²) in [6.45, 7) is 0.655. The SMILES string of the molecule is COc1ccc(NC(N)=NCCc2ccc(I)s2)cc1OC. The smallest absolute Gasteiger partial charge is 0.193 e. The maximum Gasteiger partial charge on any atom is 0.193 e. The van der Waals surface area contributed by atoms with Crippen molar-refractivity contribution in [3.05, 3.63) is 38.1 Å². The summed E-state index contributed by atoms with van der Waals surface area (Å²) in [6, 6.07) is 9.74. The molecule has 0 radical (unpaired) electrons. The standard InChI is InChI=1S/C15H18IN3O2S/c1-20-12-5-3-10(9-13(12)21-2)19-15(17)18-8-7-11-4-6-14(16)22-11/h3-6,9H,7-8H2,1-2H3,(H3,17,18,19). The van der Waals surface area contributed by atoms with Crippen LogP contribution in [-0.2, 0) is 6.42 Å². The Bertz CT molecular complexity index is 658. The van der Waals surface area contributed by atoms with Crippen molar-refractivity contribution in [2.24, 2.45) is 10.7 Å². The van der Waals surface area contributed by atoms with E-state index in [1.54, 1.807) is 25.6 Å². The van der Waals surface area contributed by atoms with E-state index in [9.17, 15) is 0 Å². The Kier molecular flexibility index (Phi) is 6.32. The molecule has 0 aliphatic rings. The number of rotatable bonds is 6. The summed E-state index contributed by atoms with van der Waals surface area (Å²) in [7, 11) is 3.20. The highest BCUT2D eigenvalue weighted by molar-refractivity contribution is 14.1. The summed E-state index contributed by atoms with van der Waals surface area (Å²) < 4.78 is 11.7. The van der Waals surface area contributed by atoms with Crippen LogP contribution in [0.3, 0.4) is 0 Å². The van der Waals surface area contributed by atoms with E-state index >= 15 is 0 Å². The van der Waals surface area contributed by atoms with E-state index in [0.717, 1.165) is 12.1 Å². The summed E-state index contributed by atoms with van der Waals surface area (Å²) in [5.74, 6) is 1.71. The Morgan fingerprint density at radius 3 is 2.64 bits per heavy atom. The first-order chi connectivity index (χ1) is 10.6. The lowest BCUT2D eigenvalue weighted by Gasteiger charge is -2.10. The van der Waals surface area contributed by atoms with E-state index < -0.39 is 0 Å². The molecule has 5 nitrogen and oxygen atoms in total. The van der Waals surface area contributed by atoms with Gasteiger partial charge in [0.25, 0.3) is 0 Å². The number of nitrogens with one attached hydrogen (secondary N) is 1. The zero-order valence-corrected chi connectivity index (χ0v) is 15.4. The van der Waals surface area contributed by atoms with Gasteiger partial charge in [0.1, 0.15) is 0 Å². The Morgan fingerprint density at radius 1 is 1.23 bits per heavy atom. The molecule has 0 saturated heterocycles. The molecule has 0 atom stereocenters. The van der Waals surface area contributed by atoms with Crippen molar-refractivity contribution in [3.8, 4) is 11.5 Å². The molecular formula is C15H18IN3O2S. The number of anilines is 1. The van der Waals surface area contributed by atoms with E-state index in [-0.39, 0.29) is 0 Å². The van der Waals surface area contributed by atoms with Crippen LogP contribution < -0.4 is 20.5 Å². The summed E-state index contributed by atoms with van der Waals surface area (Å²) in [6.07, 6.45) is 0.891. The van der Waals surface area contributed by atoms with Gasteiger partial charge >= 0.3 is 0 Å². The van der Waals surface area contributed by atoms with Crippen LogP contribution in [0.4, 0.5) is 5.69 Å². The number of hydrogen-bond donors (Lipinski definition) is 2. The largest absolute Gasteiger partial charge is 0.493 e. The minimum atomic E-state index is 0.387. The Labute approximate surface area is 147 Å². The lowest BCUT2D eigenvalue weighted by molar-refractivity contribution is 0.355. The fourth-order valence-corrected chi connectivity index (χ4v) is 3.62. The van der Waals surface area contributed by atoms with Crippen LogP contribution in [0.2, 0.25) is 0 Å². The third kappa shape index (κ3) is 4.77. The van der Waals surface area contributed by atoms with Crippen LogP contribution in [0.15, 0.2) is 35.3 Å². The monoisotopic (exact) mass is 431 g/mol. The molecule has 0 saturated carbocycles. The number of halogens is 1. The molecule has 0 aliphatic carbocycles. The van der Waals surface area contributed by atoms with Gasteiger partial charge in [-0.2, -0.15) is 0 Å². The maximum absolute atomic E-state index is 5.91. The molecular weight excluding hydrogens is 413 g/mol. The lowest BCUT2D eigenvalue weighted by atomic mass is 10.3. The first-order valence-electron chi connectivity index (χ1n) is 6.65. The van der Waals surface area contributed by atoms with Gasteiger partial charge in [-0.05, 0) is 46.9 Å². The van der Waals surface area contributed by atoms with Gasteiger partial charge in [-0.25, -0.2) is 0 Å². The van der Waals surface area contributed by atoms with Gasteiger partial charge in [-0.15, -0.1) is 11.3 Å². The molecule has 0 amide bonds. The van der Waals surface area contributed by atoms with E-state index in [0.29, 0.717) is 24.0 Å². The number of thiophene rings is 1. The summed E-state index contributed by atoms with van der Waals surface area (Å²) in [4.78, 5) is 5.65. The molecule has 2 rings (SSSR count). The average Bonchev–Trinajstić information content (AvgIpc) is 2.92. The molecule has 0 bridgehead atoms. The van der Waals surface area contributed by atoms with Crippen LogP contribution in [0.5, 0.6) is 11.5 Å². The van der Waals surface area contributed by atoms with Gasteiger partial charge < -0.3 is 20.5 Å². The third-order valence-corrected chi connectivity index (χ3v) is 4.88. The second-order valence-corrected chi connectivity index (χ2v) is 7.48. The van der Waals surface area contributed by atoms with Crippen molar-refractivity contribution in [2.45, 2.75) is 6.42 Å². The second-order valence-electron chi connectivity index (χ2n) is 4.42. The Morgan fingerprint density at radius 2 is 2.00 bits per heavy atom. The van der Waals surface area contributed by atoms with E-state index in [4.69, 9.17) is 15.2 Å². The molecule has 22 heavy (non-hydrogen) atoms. The van der Waals surface area contributed by atoms with Crippen LogP contribution >= 0.6 is 33.9 Å². The third-order valence-electron chi connectivity index (χ3n) is 2.93. The zero-order valence-electron chi connectivity index (χ0n) is 12.4. The Balaban J connectivity index is 1.93. The summed E-state index contributed by atoms with van der Waals surface area (Å²) in [5.41, 5.74) is 6.72. The van der Waals surface area contributed by atoms with Crippen LogP contribution in [0.25, 0.3) is 0 Å². The zero-order chi connectivity index (χ0) is 15.9. The van der Waals surface area contributed by atoms with Gasteiger partial charge in [0.2, 0.25) is 0 Å². The van der Waals surface area contributed by atoms with Crippen molar-refractivity contribution in [2.75, 3.05) is 26.1 Å². The van der Waals surface area contributed by atoms with Crippen LogP contribution in [0.1, 0.15) is 4.88 Å². The summed E-state index contributed by atoms with van der Waals surface area (Å²) >= 11 is 4.09. The number of guanidine groups is 1. The minimum Gasteiger partial charge on any atom is -0.493 e. The molecule has 2 aromatic rings. The normalized spacial score (nSPS) is 11.3. The predicted molar refractivity (Wildman–Crippen MR) is 100 cm³/mol. The second kappa shape index (κ2) is 8.23. The predicted octanol–water partition coefficient (Wildman–Crippen LogP) is 3.34. The summed E-state index contributed by atoms with van der Waals surface area (Å²) in [5, 5.41) is 3.05. The number of benzene rings is 1. The number of aliphatic imine (C=N–C) groups is 1. The molecule has 3 N–H and O–H groups in total. The molecule has 1 heterocycles. The molecule has 0 unspecified atom stereocenters. The number of nitrogens with two attached hydrogens (primary N) is 1. The number of methoxy groups -OCH3 is 2. The van der Waals surface area contributed by atoms with Crippen molar-refractivity contribution in [1.29, 1.82) is 0 Å². The highest BCUT2D eigenvalue weighted by Crippen LogP contribution is 2.29. The van der Waals surface area contributed by atoms with E-state index in [2.05, 4.69) is 45.0 Å². The molecule has 0 spiro atoms. The molecule has 7 heteroatoms. The molecule has 0 fully saturated rings. The van der Waals surface area contributed by atoms with Gasteiger partial charge in [0.15, 0.2) is 17.5 Å². The van der Waals surface area contributed by atoms with Crippen molar-refractivity contribution in [1.82, 2.24) is 0 Å². The average molecular weight is 431 g/mol. The first-order valence-corrected chi connectivity index (χ1v) is 8.55. The van der Waals surface area contributed by atoms with Crippen LogP contribution in [0, 0.1) is 2.88 Å². The van der Waals surface area contributed by atoms with Gasteiger partial charge in [-0.1, -0.05) is 0 Å². The Hall–Kier alpha value is -1.48. The van der Waals surface area contributed by atoms with Gasteiger partial charge in [-0.3, -0.25) is 4.99 Å². The number of hydrogen-bond acceptors (Lipinski definition) is 4. The molecule has 1 aromatic heterocycles. The number of nitrogens with zero attached hydrogens (tertiary/aromatic N) is 1. The number of ether oxygens (including phenoxy) is 2. The fourth-order valence-electron chi connectivity index (χ4n) is 1.87. The minimum absolute atomic E-state index is 0.387. The lowest BCUT2D eigenvalue weighted by Crippen LogP contribution is -2.23. The maximum atomic E-state index is 5.91. The van der Waals surface area contributed by atoms with Crippen molar-refractivity contribution in [3.63, 3.8) is 0 Å². The van der Waals surface area contributed by atoms with Crippen molar-refractivity contribution >= 4 is 45.6 Å². The molecule has 0 aliphatic heterocycles. The highest BCUT2D eigenvalue weighted by Gasteiger charge is 2.05.